The van der Waals surface area contributed by atoms with Crippen LogP contribution in [0.25, 0.3) is 0 Å². The van der Waals surface area contributed by atoms with Gasteiger partial charge in [0.05, 0.1) is 36.8 Å². The molecule has 152 valence electrons. The summed E-state index contributed by atoms with van der Waals surface area (Å²) in [6, 6.07) is 1.32. The predicted octanol–water partition coefficient (Wildman–Crippen LogP) is 0.791. The van der Waals surface area contributed by atoms with Gasteiger partial charge in [0.25, 0.3) is 5.56 Å². The van der Waals surface area contributed by atoms with Gasteiger partial charge >= 0.3 is 0 Å². The Bertz CT molecular complexity index is 898. The number of anilines is 1. The lowest BCUT2D eigenvalue weighted by molar-refractivity contribution is -0.122. The second kappa shape index (κ2) is 8.55. The number of carbonyl (C=O) groups excluding carboxylic acids is 1. The van der Waals surface area contributed by atoms with Crippen LogP contribution in [-0.2, 0) is 22.6 Å². The van der Waals surface area contributed by atoms with Crippen molar-refractivity contribution in [3.8, 4) is 0 Å². The van der Waals surface area contributed by atoms with Crippen LogP contribution in [0.5, 0.6) is 0 Å². The van der Waals surface area contributed by atoms with Gasteiger partial charge in [0.15, 0.2) is 0 Å². The van der Waals surface area contributed by atoms with Crippen molar-refractivity contribution in [3.63, 3.8) is 0 Å². The van der Waals surface area contributed by atoms with E-state index in [1.165, 1.54) is 10.7 Å². The first kappa shape index (κ1) is 20.1. The van der Waals surface area contributed by atoms with E-state index >= 15 is 0 Å². The van der Waals surface area contributed by atoms with Crippen molar-refractivity contribution in [3.05, 3.63) is 39.6 Å². The molecule has 9 nitrogen and oxygen atoms in total. The Morgan fingerprint density at radius 1 is 1.29 bits per heavy atom. The van der Waals surface area contributed by atoms with Gasteiger partial charge in [-0.05, 0) is 27.7 Å². The Kier molecular flexibility index (Phi) is 6.13. The number of aryl methyl sites for hydroxylation is 2. The molecule has 1 N–H and O–H groups in total. The average Bonchev–Trinajstić information content (AvgIpc) is 2.97. The molecule has 2 aromatic rings. The fourth-order valence-electron chi connectivity index (χ4n) is 3.68. The van der Waals surface area contributed by atoms with E-state index in [2.05, 4.69) is 20.4 Å². The van der Waals surface area contributed by atoms with Gasteiger partial charge in [-0.1, -0.05) is 0 Å². The van der Waals surface area contributed by atoms with E-state index in [0.717, 1.165) is 42.3 Å². The molecule has 1 amide bonds. The molecule has 1 aliphatic heterocycles. The van der Waals surface area contributed by atoms with Crippen LogP contribution in [0.2, 0.25) is 0 Å². The minimum atomic E-state index is -0.294. The molecule has 0 saturated carbocycles. The Balaban J connectivity index is 1.66. The van der Waals surface area contributed by atoms with Crippen LogP contribution in [0, 0.1) is 13.8 Å². The number of nitrogens with one attached hydrogen (secondary N) is 1. The molecule has 2 aromatic heterocycles. The number of hydrogen-bond donors (Lipinski definition) is 1. The van der Waals surface area contributed by atoms with Crippen LogP contribution in [-0.4, -0.2) is 51.8 Å². The van der Waals surface area contributed by atoms with Gasteiger partial charge in [-0.2, -0.15) is 10.2 Å². The first-order chi connectivity index (χ1) is 13.4. The zero-order valence-electron chi connectivity index (χ0n) is 16.9. The predicted molar refractivity (Wildman–Crippen MR) is 105 cm³/mol. The Morgan fingerprint density at radius 3 is 2.61 bits per heavy atom. The third-order valence-electron chi connectivity index (χ3n) is 5.07. The summed E-state index contributed by atoms with van der Waals surface area (Å²) in [5.74, 6) is -0.260. The summed E-state index contributed by atoms with van der Waals surface area (Å²) >= 11 is 0. The number of ether oxygens (including phenoxy) is 1. The van der Waals surface area contributed by atoms with Crippen LogP contribution in [0.1, 0.15) is 36.8 Å². The molecule has 1 fully saturated rings. The van der Waals surface area contributed by atoms with Gasteiger partial charge in [-0.3, -0.25) is 14.3 Å². The lowest BCUT2D eigenvalue weighted by Crippen LogP contribution is -2.38. The van der Waals surface area contributed by atoms with Gasteiger partial charge in [0.2, 0.25) is 5.91 Å². The fraction of sp³-hybridized carbons (Fsp3) is 0.579. The van der Waals surface area contributed by atoms with Crippen molar-refractivity contribution in [2.45, 2.75) is 46.8 Å². The van der Waals surface area contributed by atoms with Gasteiger partial charge < -0.3 is 15.0 Å². The van der Waals surface area contributed by atoms with Gasteiger partial charge in [-0.25, -0.2) is 4.68 Å². The lowest BCUT2D eigenvalue weighted by Gasteiger charge is -2.28. The largest absolute Gasteiger partial charge is 0.378 e. The van der Waals surface area contributed by atoms with Crippen molar-refractivity contribution in [1.29, 1.82) is 0 Å². The summed E-state index contributed by atoms with van der Waals surface area (Å²) in [4.78, 5) is 26.9. The third-order valence-corrected chi connectivity index (χ3v) is 5.07. The summed E-state index contributed by atoms with van der Waals surface area (Å²) < 4.78 is 8.42. The summed E-state index contributed by atoms with van der Waals surface area (Å²) in [7, 11) is 0. The van der Waals surface area contributed by atoms with E-state index in [1.54, 1.807) is 6.20 Å². The Hall–Kier alpha value is -2.68. The van der Waals surface area contributed by atoms with E-state index < -0.39 is 0 Å². The number of morpholine rings is 1. The summed E-state index contributed by atoms with van der Waals surface area (Å²) in [6.45, 7) is 11.3. The van der Waals surface area contributed by atoms with Crippen molar-refractivity contribution in [2.24, 2.45) is 0 Å². The average molecular weight is 388 g/mol. The van der Waals surface area contributed by atoms with Crippen molar-refractivity contribution >= 4 is 11.6 Å². The van der Waals surface area contributed by atoms with E-state index in [1.807, 2.05) is 32.4 Å². The Morgan fingerprint density at radius 2 is 2.00 bits per heavy atom. The highest BCUT2D eigenvalue weighted by Crippen LogP contribution is 2.21. The van der Waals surface area contributed by atoms with Gasteiger partial charge in [-0.15, -0.1) is 0 Å². The molecule has 0 aliphatic carbocycles. The van der Waals surface area contributed by atoms with Crippen LogP contribution in [0.4, 0.5) is 5.69 Å². The number of carbonyl (C=O) groups is 1. The summed E-state index contributed by atoms with van der Waals surface area (Å²) in [6.07, 6.45) is 1.63. The van der Waals surface area contributed by atoms with Crippen molar-refractivity contribution in [2.75, 3.05) is 31.2 Å². The highest BCUT2D eigenvalue weighted by molar-refractivity contribution is 5.76. The normalized spacial score (nSPS) is 15.5. The van der Waals surface area contributed by atoms with Crippen molar-refractivity contribution < 1.29 is 9.53 Å². The van der Waals surface area contributed by atoms with E-state index in [0.29, 0.717) is 13.2 Å². The summed E-state index contributed by atoms with van der Waals surface area (Å²) in [5, 5.41) is 11.6. The zero-order chi connectivity index (χ0) is 20.3. The smallest absolute Gasteiger partial charge is 0.269 e. The minimum absolute atomic E-state index is 0.118. The molecule has 0 bridgehead atoms. The van der Waals surface area contributed by atoms with Gasteiger partial charge in [0.1, 0.15) is 6.54 Å². The molecule has 1 atom stereocenters. The molecule has 0 radical (unpaired) electrons. The second-order valence-corrected chi connectivity index (χ2v) is 7.00. The topological polar surface area (TPSA) is 94.3 Å². The molecular weight excluding hydrogens is 360 g/mol. The number of amides is 1. The zero-order valence-corrected chi connectivity index (χ0v) is 16.9. The molecule has 0 spiro atoms. The first-order valence-corrected chi connectivity index (χ1v) is 9.63. The molecule has 9 heteroatoms. The van der Waals surface area contributed by atoms with Crippen molar-refractivity contribution in [1.82, 2.24) is 24.9 Å². The number of rotatable bonds is 6. The molecule has 3 heterocycles. The maximum absolute atomic E-state index is 12.5. The quantitative estimate of drug-likeness (QED) is 0.786. The van der Waals surface area contributed by atoms with Crippen LogP contribution < -0.4 is 15.8 Å². The standard InChI is InChI=1S/C19H28N6O3/c1-5-24-15(4)19(14(3)22-24)13(2)21-17(26)12-25-18(27)10-16(11-20-25)23-6-8-28-9-7-23/h10-11,13H,5-9,12H2,1-4H3,(H,21,26). The maximum atomic E-state index is 12.5. The van der Waals surface area contributed by atoms with Crippen LogP contribution >= 0.6 is 0 Å². The first-order valence-electron chi connectivity index (χ1n) is 9.63. The molecule has 28 heavy (non-hydrogen) atoms. The third kappa shape index (κ3) is 4.24. The molecule has 1 aliphatic rings. The highest BCUT2D eigenvalue weighted by atomic mass is 16.5. The number of nitrogens with zero attached hydrogens (tertiary/aromatic N) is 5. The Labute approximate surface area is 164 Å². The lowest BCUT2D eigenvalue weighted by atomic mass is 10.1. The fourth-order valence-corrected chi connectivity index (χ4v) is 3.68. The summed E-state index contributed by atoms with van der Waals surface area (Å²) in [5.41, 5.74) is 3.42. The molecule has 1 saturated heterocycles. The number of aromatic nitrogens is 4. The van der Waals surface area contributed by atoms with Crippen LogP contribution in [0.3, 0.4) is 0 Å². The monoisotopic (exact) mass is 388 g/mol. The van der Waals surface area contributed by atoms with Gasteiger partial charge in [0, 0.05) is 37.0 Å². The minimum Gasteiger partial charge on any atom is -0.378 e. The molecular formula is C19H28N6O3. The molecule has 1 unspecified atom stereocenters. The maximum Gasteiger partial charge on any atom is 0.269 e. The van der Waals surface area contributed by atoms with E-state index in [9.17, 15) is 9.59 Å². The number of hydrogen-bond acceptors (Lipinski definition) is 6. The second-order valence-electron chi connectivity index (χ2n) is 7.00. The van der Waals surface area contributed by atoms with E-state index in [4.69, 9.17) is 4.74 Å². The molecule has 3 rings (SSSR count). The highest BCUT2D eigenvalue weighted by Gasteiger charge is 2.19. The van der Waals surface area contributed by atoms with E-state index in [-0.39, 0.29) is 24.1 Å². The SMILES string of the molecule is CCn1nc(C)c(C(C)NC(=O)Cn2ncc(N3CCOCC3)cc2=O)c1C. The van der Waals surface area contributed by atoms with Crippen LogP contribution in [0.15, 0.2) is 17.1 Å². The molecule has 0 aromatic carbocycles.